The first-order valence-electron chi connectivity index (χ1n) is 6.24. The number of halogens is 3. The SMILES string of the molecule is CCCCc1cc(C(F)(F)F)nn1-c1ccccc1. The number of hydrogen-bond donors (Lipinski definition) is 0. The minimum atomic E-state index is -4.40. The zero-order valence-electron chi connectivity index (χ0n) is 10.6. The highest BCUT2D eigenvalue weighted by Crippen LogP contribution is 2.29. The Morgan fingerprint density at radius 3 is 2.42 bits per heavy atom. The third kappa shape index (κ3) is 3.16. The van der Waals surface area contributed by atoms with E-state index >= 15 is 0 Å². The number of hydrogen-bond acceptors (Lipinski definition) is 1. The summed E-state index contributed by atoms with van der Waals surface area (Å²) < 4.78 is 39.6. The predicted molar refractivity (Wildman–Crippen MR) is 67.2 cm³/mol. The van der Waals surface area contributed by atoms with Gasteiger partial charge in [-0.1, -0.05) is 31.5 Å². The van der Waals surface area contributed by atoms with Gasteiger partial charge in [0.25, 0.3) is 0 Å². The average molecular weight is 268 g/mol. The summed E-state index contributed by atoms with van der Waals surface area (Å²) in [4.78, 5) is 0. The molecule has 0 unspecified atom stereocenters. The fourth-order valence-corrected chi connectivity index (χ4v) is 1.89. The molecule has 2 rings (SSSR count). The summed E-state index contributed by atoms with van der Waals surface area (Å²) in [5.41, 5.74) is 0.423. The van der Waals surface area contributed by atoms with Gasteiger partial charge in [0.15, 0.2) is 5.69 Å². The Bertz CT molecular complexity index is 529. The van der Waals surface area contributed by atoms with Crippen LogP contribution in [0.3, 0.4) is 0 Å². The largest absolute Gasteiger partial charge is 0.435 e. The normalized spacial score (nSPS) is 11.8. The van der Waals surface area contributed by atoms with E-state index in [0.29, 0.717) is 17.8 Å². The van der Waals surface area contributed by atoms with Crippen LogP contribution in [0.4, 0.5) is 13.2 Å². The van der Waals surface area contributed by atoms with Crippen molar-refractivity contribution >= 4 is 0 Å². The molecule has 0 fully saturated rings. The van der Waals surface area contributed by atoms with Gasteiger partial charge in [-0.15, -0.1) is 0 Å². The summed E-state index contributed by atoms with van der Waals surface area (Å²) in [6.07, 6.45) is -2.04. The lowest BCUT2D eigenvalue weighted by Gasteiger charge is -2.06. The van der Waals surface area contributed by atoms with Gasteiger partial charge < -0.3 is 0 Å². The zero-order chi connectivity index (χ0) is 13.9. The number of aromatic nitrogens is 2. The maximum absolute atomic E-state index is 12.7. The van der Waals surface area contributed by atoms with Gasteiger partial charge in [-0.05, 0) is 31.0 Å². The molecule has 19 heavy (non-hydrogen) atoms. The van der Waals surface area contributed by atoms with Crippen LogP contribution in [0.25, 0.3) is 5.69 Å². The van der Waals surface area contributed by atoms with Crippen LogP contribution in [0, 0.1) is 0 Å². The Morgan fingerprint density at radius 1 is 1.16 bits per heavy atom. The number of aryl methyl sites for hydroxylation is 1. The third-order valence-electron chi connectivity index (χ3n) is 2.86. The molecule has 0 saturated heterocycles. The van der Waals surface area contributed by atoms with Gasteiger partial charge in [0.1, 0.15) is 0 Å². The second-order valence-electron chi connectivity index (χ2n) is 4.37. The first-order chi connectivity index (χ1) is 9.02. The second kappa shape index (κ2) is 5.47. The predicted octanol–water partition coefficient (Wildman–Crippen LogP) is 4.23. The van der Waals surface area contributed by atoms with Crippen LogP contribution in [0.2, 0.25) is 0 Å². The van der Waals surface area contributed by atoms with Gasteiger partial charge in [0, 0.05) is 5.69 Å². The minimum absolute atomic E-state index is 0.592. The molecule has 0 N–H and O–H groups in total. The molecular weight excluding hydrogens is 253 g/mol. The molecule has 0 aliphatic rings. The lowest BCUT2D eigenvalue weighted by Crippen LogP contribution is -2.07. The molecule has 0 radical (unpaired) electrons. The van der Waals surface area contributed by atoms with E-state index in [-0.39, 0.29) is 0 Å². The molecule has 2 nitrogen and oxygen atoms in total. The molecule has 0 saturated carbocycles. The van der Waals surface area contributed by atoms with E-state index in [9.17, 15) is 13.2 Å². The van der Waals surface area contributed by atoms with E-state index in [4.69, 9.17) is 0 Å². The highest BCUT2D eigenvalue weighted by Gasteiger charge is 2.34. The molecule has 0 bridgehead atoms. The first-order valence-corrected chi connectivity index (χ1v) is 6.24. The van der Waals surface area contributed by atoms with Gasteiger partial charge in [0.2, 0.25) is 0 Å². The Balaban J connectivity index is 2.43. The van der Waals surface area contributed by atoms with E-state index in [0.717, 1.165) is 18.9 Å². The van der Waals surface area contributed by atoms with Crippen molar-refractivity contribution in [3.05, 3.63) is 47.8 Å². The average Bonchev–Trinajstić information content (AvgIpc) is 2.81. The Labute approximate surface area is 109 Å². The van der Waals surface area contributed by atoms with Crippen molar-refractivity contribution in [2.75, 3.05) is 0 Å². The number of rotatable bonds is 4. The summed E-state index contributed by atoms with van der Waals surface area (Å²) >= 11 is 0. The summed E-state index contributed by atoms with van der Waals surface area (Å²) in [6, 6.07) is 10.0. The van der Waals surface area contributed by atoms with Gasteiger partial charge in [-0.3, -0.25) is 0 Å². The van der Waals surface area contributed by atoms with E-state index in [1.807, 2.05) is 13.0 Å². The molecule has 0 amide bonds. The standard InChI is InChI=1S/C14H15F3N2/c1-2-3-7-12-10-13(14(15,16)17)18-19(12)11-8-5-4-6-9-11/h4-6,8-10H,2-3,7H2,1H3. The van der Waals surface area contributed by atoms with Crippen molar-refractivity contribution in [2.24, 2.45) is 0 Å². The number of alkyl halides is 3. The summed E-state index contributed by atoms with van der Waals surface area (Å²) in [6.45, 7) is 2.01. The van der Waals surface area contributed by atoms with Crippen LogP contribution in [0.1, 0.15) is 31.2 Å². The van der Waals surface area contributed by atoms with Crippen LogP contribution in [-0.2, 0) is 12.6 Å². The molecule has 0 aliphatic carbocycles. The molecular formula is C14H15F3N2. The third-order valence-corrected chi connectivity index (χ3v) is 2.86. The van der Waals surface area contributed by atoms with Gasteiger partial charge in [0.05, 0.1) is 5.69 Å². The van der Waals surface area contributed by atoms with Gasteiger partial charge >= 0.3 is 6.18 Å². The van der Waals surface area contributed by atoms with Crippen molar-refractivity contribution < 1.29 is 13.2 Å². The van der Waals surface area contributed by atoms with Crippen LogP contribution in [0.15, 0.2) is 36.4 Å². The summed E-state index contributed by atoms with van der Waals surface area (Å²) in [5.74, 6) is 0. The number of unbranched alkanes of at least 4 members (excludes halogenated alkanes) is 1. The summed E-state index contributed by atoms with van der Waals surface area (Å²) in [5, 5.41) is 3.70. The number of benzene rings is 1. The monoisotopic (exact) mass is 268 g/mol. The Hall–Kier alpha value is -1.78. The molecule has 1 aromatic carbocycles. The van der Waals surface area contributed by atoms with E-state index in [1.54, 1.807) is 24.3 Å². The Morgan fingerprint density at radius 2 is 1.84 bits per heavy atom. The van der Waals surface area contributed by atoms with E-state index in [1.165, 1.54) is 4.68 Å². The van der Waals surface area contributed by atoms with Crippen LogP contribution in [0.5, 0.6) is 0 Å². The quantitative estimate of drug-likeness (QED) is 0.811. The van der Waals surface area contributed by atoms with Gasteiger partial charge in [-0.25, -0.2) is 4.68 Å². The lowest BCUT2D eigenvalue weighted by molar-refractivity contribution is -0.141. The fourth-order valence-electron chi connectivity index (χ4n) is 1.89. The maximum Gasteiger partial charge on any atom is 0.435 e. The molecule has 1 aromatic heterocycles. The fraction of sp³-hybridized carbons (Fsp3) is 0.357. The highest BCUT2D eigenvalue weighted by molar-refractivity contribution is 5.33. The van der Waals surface area contributed by atoms with Gasteiger partial charge in [-0.2, -0.15) is 18.3 Å². The van der Waals surface area contributed by atoms with Crippen LogP contribution >= 0.6 is 0 Å². The van der Waals surface area contributed by atoms with Crippen LogP contribution < -0.4 is 0 Å². The minimum Gasteiger partial charge on any atom is -0.237 e. The Kier molecular flexibility index (Phi) is 3.93. The molecule has 0 aliphatic heterocycles. The van der Waals surface area contributed by atoms with Crippen molar-refractivity contribution in [1.29, 1.82) is 0 Å². The van der Waals surface area contributed by atoms with Crippen molar-refractivity contribution in [2.45, 2.75) is 32.4 Å². The van der Waals surface area contributed by atoms with Crippen molar-refractivity contribution in [1.82, 2.24) is 9.78 Å². The smallest absolute Gasteiger partial charge is 0.237 e. The number of nitrogens with zero attached hydrogens (tertiary/aromatic N) is 2. The van der Waals surface area contributed by atoms with E-state index in [2.05, 4.69) is 5.10 Å². The topological polar surface area (TPSA) is 17.8 Å². The highest BCUT2D eigenvalue weighted by atomic mass is 19.4. The molecule has 5 heteroatoms. The second-order valence-corrected chi connectivity index (χ2v) is 4.37. The molecule has 0 atom stereocenters. The molecule has 0 spiro atoms. The lowest BCUT2D eigenvalue weighted by atomic mass is 10.2. The summed E-state index contributed by atoms with van der Waals surface area (Å²) in [7, 11) is 0. The molecule has 1 heterocycles. The van der Waals surface area contributed by atoms with E-state index < -0.39 is 11.9 Å². The number of para-hydroxylation sites is 1. The zero-order valence-corrected chi connectivity index (χ0v) is 10.6. The first kappa shape index (κ1) is 13.6. The van der Waals surface area contributed by atoms with Crippen LogP contribution in [-0.4, -0.2) is 9.78 Å². The molecule has 102 valence electrons. The molecule has 2 aromatic rings. The van der Waals surface area contributed by atoms with Crippen molar-refractivity contribution in [3.63, 3.8) is 0 Å². The maximum atomic E-state index is 12.7. The van der Waals surface area contributed by atoms with Crippen molar-refractivity contribution in [3.8, 4) is 5.69 Å².